The van der Waals surface area contributed by atoms with Gasteiger partial charge in [0.25, 0.3) is 5.56 Å². The number of nitrogens with zero attached hydrogens (tertiary/aromatic N) is 1. The number of carboxylic acid groups (broad SMARTS) is 1. The molecular formula is C16H10Br2N2O4S. The molecule has 3 rings (SSSR count). The zero-order chi connectivity index (χ0) is 18.3. The number of aryl methyl sites for hydroxylation is 1. The first-order valence-corrected chi connectivity index (χ1v) is 9.31. The highest BCUT2D eigenvalue weighted by Gasteiger charge is 2.18. The fraction of sp³-hybridized carbons (Fsp3) is 0.0625. The number of phenols is 1. The van der Waals surface area contributed by atoms with Gasteiger partial charge >= 0.3 is 5.97 Å². The average molecular weight is 486 g/mol. The zero-order valence-corrected chi connectivity index (χ0v) is 16.6. The van der Waals surface area contributed by atoms with Crippen molar-refractivity contribution in [2.24, 2.45) is 0 Å². The third kappa shape index (κ3) is 3.39. The number of aromatic amines is 1. The summed E-state index contributed by atoms with van der Waals surface area (Å²) in [6.07, 6.45) is 3.33. The van der Waals surface area contributed by atoms with Crippen molar-refractivity contribution in [1.82, 2.24) is 9.97 Å². The second-order valence-corrected chi connectivity index (χ2v) is 7.87. The summed E-state index contributed by atoms with van der Waals surface area (Å²) >= 11 is 7.48. The summed E-state index contributed by atoms with van der Waals surface area (Å²) in [6, 6.07) is 3.43. The number of phenolic OH excluding ortho intramolecular Hbond substituents is 1. The van der Waals surface area contributed by atoms with Crippen LogP contribution in [0, 0.1) is 6.92 Å². The molecular weight excluding hydrogens is 476 g/mol. The van der Waals surface area contributed by atoms with Crippen LogP contribution in [0.2, 0.25) is 0 Å². The molecule has 0 saturated heterocycles. The van der Waals surface area contributed by atoms with Gasteiger partial charge in [0.1, 0.15) is 21.3 Å². The van der Waals surface area contributed by atoms with E-state index in [0.29, 0.717) is 30.5 Å². The molecule has 0 saturated carbocycles. The lowest BCUT2D eigenvalue weighted by Crippen LogP contribution is -2.09. The van der Waals surface area contributed by atoms with Crippen molar-refractivity contribution in [1.29, 1.82) is 0 Å². The van der Waals surface area contributed by atoms with Crippen LogP contribution in [-0.2, 0) is 0 Å². The second-order valence-electron chi connectivity index (χ2n) is 5.16. The van der Waals surface area contributed by atoms with Crippen LogP contribution in [0.4, 0.5) is 0 Å². The van der Waals surface area contributed by atoms with E-state index in [-0.39, 0.29) is 16.2 Å². The number of hydrogen-bond acceptors (Lipinski definition) is 5. The zero-order valence-electron chi connectivity index (χ0n) is 12.6. The number of nitrogens with one attached hydrogen (secondary N) is 1. The third-order valence-electron chi connectivity index (χ3n) is 3.49. The number of benzene rings is 1. The van der Waals surface area contributed by atoms with Gasteiger partial charge in [0.2, 0.25) is 0 Å². The van der Waals surface area contributed by atoms with Crippen LogP contribution in [0.3, 0.4) is 0 Å². The molecule has 3 N–H and O–H groups in total. The number of aromatic carboxylic acids is 1. The summed E-state index contributed by atoms with van der Waals surface area (Å²) in [5.74, 6) is -0.660. The number of rotatable bonds is 3. The van der Waals surface area contributed by atoms with Gasteiger partial charge in [-0.1, -0.05) is 6.08 Å². The number of halogens is 2. The Morgan fingerprint density at radius 2 is 1.92 bits per heavy atom. The maximum Gasteiger partial charge on any atom is 0.346 e. The molecule has 0 radical (unpaired) electrons. The van der Waals surface area contributed by atoms with Crippen molar-refractivity contribution in [3.63, 3.8) is 0 Å². The summed E-state index contributed by atoms with van der Waals surface area (Å²) in [4.78, 5) is 30.9. The molecule has 2 aromatic heterocycles. The van der Waals surface area contributed by atoms with E-state index >= 15 is 0 Å². The standard InChI is InChI=1S/C16H10Br2N2O4S/c1-6-11-14(22)19-10(20-15(11)25-13(6)16(23)24)3-2-7-4-8(17)12(21)9(18)5-7/h2-5,21H,1H3,(H,23,24)(H,19,20,22). The SMILES string of the molecule is Cc1c(C(=O)O)sc2nc(C=Cc3cc(Br)c(O)c(Br)c3)[nH]c(=O)c12. The van der Waals surface area contributed by atoms with E-state index in [0.717, 1.165) is 16.9 Å². The van der Waals surface area contributed by atoms with Crippen molar-refractivity contribution in [3.8, 4) is 5.75 Å². The fourth-order valence-corrected chi connectivity index (χ4v) is 4.55. The van der Waals surface area contributed by atoms with E-state index in [1.807, 2.05) is 0 Å². The average Bonchev–Trinajstić information content (AvgIpc) is 2.88. The molecule has 0 aliphatic heterocycles. The molecule has 25 heavy (non-hydrogen) atoms. The number of aromatic nitrogens is 2. The van der Waals surface area contributed by atoms with Gasteiger partial charge in [0.15, 0.2) is 0 Å². The van der Waals surface area contributed by atoms with Crippen molar-refractivity contribution in [3.05, 3.63) is 53.3 Å². The fourth-order valence-electron chi connectivity index (χ4n) is 2.30. The number of aromatic hydroxyl groups is 1. The van der Waals surface area contributed by atoms with Crippen molar-refractivity contribution < 1.29 is 15.0 Å². The predicted octanol–water partition coefficient (Wildman–Crippen LogP) is 4.39. The first-order valence-electron chi connectivity index (χ1n) is 6.90. The van der Waals surface area contributed by atoms with Crippen LogP contribution < -0.4 is 5.56 Å². The maximum atomic E-state index is 12.3. The normalized spacial score (nSPS) is 11.5. The Morgan fingerprint density at radius 3 is 2.52 bits per heavy atom. The smallest absolute Gasteiger partial charge is 0.346 e. The minimum atomic E-state index is -1.07. The molecule has 0 aliphatic carbocycles. The summed E-state index contributed by atoms with van der Waals surface area (Å²) in [5.41, 5.74) is 0.815. The Morgan fingerprint density at radius 1 is 1.28 bits per heavy atom. The molecule has 0 aliphatic rings. The maximum absolute atomic E-state index is 12.3. The molecule has 0 atom stereocenters. The van der Waals surface area contributed by atoms with E-state index in [1.165, 1.54) is 0 Å². The number of H-pyrrole nitrogens is 1. The van der Waals surface area contributed by atoms with Gasteiger partial charge < -0.3 is 15.2 Å². The molecule has 6 nitrogen and oxygen atoms in total. The summed E-state index contributed by atoms with van der Waals surface area (Å²) in [5, 5.41) is 19.2. The number of thiophene rings is 1. The van der Waals surface area contributed by atoms with Gasteiger partial charge in [-0.2, -0.15) is 0 Å². The Labute approximate surface area is 162 Å². The molecule has 0 amide bonds. The van der Waals surface area contributed by atoms with E-state index in [1.54, 1.807) is 31.2 Å². The molecule has 0 fully saturated rings. The minimum absolute atomic E-state index is 0.0976. The molecule has 128 valence electrons. The van der Waals surface area contributed by atoms with Crippen LogP contribution in [-0.4, -0.2) is 26.2 Å². The van der Waals surface area contributed by atoms with Gasteiger partial charge in [-0.25, -0.2) is 9.78 Å². The van der Waals surface area contributed by atoms with Crippen molar-refractivity contribution in [2.45, 2.75) is 6.92 Å². The largest absolute Gasteiger partial charge is 0.506 e. The molecule has 0 spiro atoms. The Kier molecular flexibility index (Phi) is 4.81. The Bertz CT molecular complexity index is 1080. The lowest BCUT2D eigenvalue weighted by Gasteiger charge is -2.02. The molecule has 0 bridgehead atoms. The monoisotopic (exact) mass is 484 g/mol. The molecule has 0 unspecified atom stereocenters. The van der Waals surface area contributed by atoms with Gasteiger partial charge in [0.05, 0.1) is 14.3 Å². The highest BCUT2D eigenvalue weighted by atomic mass is 79.9. The number of carbonyl (C=O) groups is 1. The summed E-state index contributed by atoms with van der Waals surface area (Å²) in [6.45, 7) is 1.60. The predicted molar refractivity (Wildman–Crippen MR) is 104 cm³/mol. The van der Waals surface area contributed by atoms with Crippen LogP contribution in [0.5, 0.6) is 5.75 Å². The minimum Gasteiger partial charge on any atom is -0.506 e. The van der Waals surface area contributed by atoms with Crippen molar-refractivity contribution >= 4 is 71.5 Å². The van der Waals surface area contributed by atoms with Crippen LogP contribution in [0.15, 0.2) is 25.9 Å². The molecule has 1 aromatic carbocycles. The number of fused-ring (bicyclic) bond motifs is 1. The Balaban J connectivity index is 2.05. The highest BCUT2D eigenvalue weighted by Crippen LogP contribution is 2.34. The topological polar surface area (TPSA) is 103 Å². The van der Waals surface area contributed by atoms with E-state index in [4.69, 9.17) is 0 Å². The van der Waals surface area contributed by atoms with Crippen LogP contribution in [0.25, 0.3) is 22.4 Å². The number of carboxylic acids is 1. The van der Waals surface area contributed by atoms with Gasteiger partial charge in [-0.15, -0.1) is 11.3 Å². The lowest BCUT2D eigenvalue weighted by molar-refractivity contribution is 0.0701. The first-order chi connectivity index (χ1) is 11.8. The molecule has 9 heteroatoms. The highest BCUT2D eigenvalue weighted by molar-refractivity contribution is 9.11. The van der Waals surface area contributed by atoms with Crippen LogP contribution >= 0.6 is 43.2 Å². The lowest BCUT2D eigenvalue weighted by atomic mass is 10.2. The number of hydrogen-bond donors (Lipinski definition) is 3. The van der Waals surface area contributed by atoms with E-state index < -0.39 is 5.97 Å². The van der Waals surface area contributed by atoms with Gasteiger partial charge in [0, 0.05) is 0 Å². The second kappa shape index (κ2) is 6.74. The molecule has 2 heterocycles. The Hall–Kier alpha value is -1.97. The van der Waals surface area contributed by atoms with E-state index in [9.17, 15) is 19.8 Å². The first kappa shape index (κ1) is 17.8. The van der Waals surface area contributed by atoms with E-state index in [2.05, 4.69) is 41.8 Å². The van der Waals surface area contributed by atoms with Crippen molar-refractivity contribution in [2.75, 3.05) is 0 Å². The van der Waals surface area contributed by atoms with Gasteiger partial charge in [-0.3, -0.25) is 4.79 Å². The van der Waals surface area contributed by atoms with Gasteiger partial charge in [-0.05, 0) is 68.1 Å². The summed E-state index contributed by atoms with van der Waals surface area (Å²) < 4.78 is 1.05. The third-order valence-corrected chi connectivity index (χ3v) is 5.87. The van der Waals surface area contributed by atoms with Crippen LogP contribution in [0.1, 0.15) is 26.6 Å². The quantitative estimate of drug-likeness (QED) is 0.510. The molecule has 3 aromatic rings. The summed E-state index contributed by atoms with van der Waals surface area (Å²) in [7, 11) is 0.